The Hall–Kier alpha value is -8.92. The van der Waals surface area contributed by atoms with Crippen LogP contribution in [0.3, 0.4) is 0 Å². The molecule has 12 aromatic rings. The van der Waals surface area contributed by atoms with Crippen molar-refractivity contribution in [3.63, 3.8) is 0 Å². The zero-order valence-corrected chi connectivity index (χ0v) is 40.0. The van der Waals surface area contributed by atoms with E-state index in [4.69, 9.17) is 9.97 Å². The molecule has 0 aliphatic heterocycles. The summed E-state index contributed by atoms with van der Waals surface area (Å²) in [5, 5.41) is 15.8. The summed E-state index contributed by atoms with van der Waals surface area (Å²) in [6.45, 7) is 12.4. The van der Waals surface area contributed by atoms with E-state index in [1.807, 2.05) is 13.8 Å². The lowest BCUT2D eigenvalue weighted by Crippen LogP contribution is -2.07. The van der Waals surface area contributed by atoms with Gasteiger partial charge in [-0.3, -0.25) is 0 Å². The fourth-order valence-electron chi connectivity index (χ4n) is 10.8. The van der Waals surface area contributed by atoms with Crippen molar-refractivity contribution < 1.29 is 0 Å². The summed E-state index contributed by atoms with van der Waals surface area (Å²) in [6, 6.07) is 68.5. The molecule has 0 fully saturated rings. The molecule has 0 saturated heterocycles. The van der Waals surface area contributed by atoms with Gasteiger partial charge in [-0.1, -0.05) is 146 Å². The fourth-order valence-corrected chi connectivity index (χ4v) is 10.8. The SMILES string of the molecule is Cc1nc(C)nc(-c2cc(-n3c4cc(-c5ccccc5C)ccc4c4ccc(-c5ccccc5C)cc43)c(-n3c4cc(-c5ccccc5C)ccc4c4ccc(-c5ccccc5C)cc43)cc2C#N)n1. The lowest BCUT2D eigenvalue weighted by atomic mass is 9.98. The Labute approximate surface area is 407 Å². The van der Waals surface area contributed by atoms with Crippen LogP contribution in [-0.2, 0) is 0 Å². The highest BCUT2D eigenvalue weighted by Gasteiger charge is 2.25. The Morgan fingerprint density at radius 3 is 0.971 bits per heavy atom. The molecule has 12 rings (SSSR count). The maximum absolute atomic E-state index is 11.3. The Morgan fingerprint density at radius 2 is 0.657 bits per heavy atom. The second-order valence-electron chi connectivity index (χ2n) is 18.6. The first-order valence-electron chi connectivity index (χ1n) is 23.8. The summed E-state index contributed by atoms with van der Waals surface area (Å²) in [5.74, 6) is 1.64. The molecule has 0 spiro atoms. The van der Waals surface area contributed by atoms with E-state index in [1.54, 1.807) is 0 Å². The predicted molar refractivity (Wildman–Crippen MR) is 289 cm³/mol. The number of hydrogen-bond donors (Lipinski definition) is 0. The molecule has 0 saturated carbocycles. The zero-order valence-electron chi connectivity index (χ0n) is 40.0. The molecule has 9 aromatic carbocycles. The number of hydrogen-bond acceptors (Lipinski definition) is 4. The average Bonchev–Trinajstić information content (AvgIpc) is 3.87. The maximum Gasteiger partial charge on any atom is 0.164 e. The first-order valence-corrected chi connectivity index (χ1v) is 23.8. The molecule has 0 amide bonds. The normalized spacial score (nSPS) is 11.6. The van der Waals surface area contributed by atoms with E-state index < -0.39 is 0 Å². The second kappa shape index (κ2) is 16.7. The second-order valence-corrected chi connectivity index (χ2v) is 18.6. The summed E-state index contributed by atoms with van der Waals surface area (Å²) >= 11 is 0. The van der Waals surface area contributed by atoms with Gasteiger partial charge in [-0.05, 0) is 145 Å². The molecule has 0 unspecified atom stereocenters. The minimum Gasteiger partial charge on any atom is -0.307 e. The molecule has 0 aliphatic carbocycles. The predicted octanol–water partition coefficient (Wildman–Crippen LogP) is 16.1. The molecule has 334 valence electrons. The van der Waals surface area contributed by atoms with E-state index in [9.17, 15) is 5.26 Å². The largest absolute Gasteiger partial charge is 0.307 e. The van der Waals surface area contributed by atoms with Crippen LogP contribution >= 0.6 is 0 Å². The van der Waals surface area contributed by atoms with Crippen molar-refractivity contribution in [3.8, 4) is 73.3 Å². The number of nitriles is 1. The highest BCUT2D eigenvalue weighted by atomic mass is 15.1. The standard InChI is InChI=1S/C64H48N6/c1-38-15-7-11-19-49(38)44-23-27-53-54-28-24-45(50-20-12-8-16-39(50)2)32-59(54)69(58(53)31-44)62-35-48(37-65)57(64-67-42(5)66-43(6)68-64)36-63(62)70-60-33-46(51-21-13-9-17-40(51)3)25-29-55(60)56-30-26-47(34-61(56)70)52-22-14-10-18-41(52)4/h7-36H,1-6H3. The number of rotatable bonds is 7. The van der Waals surface area contributed by atoms with Gasteiger partial charge in [0, 0.05) is 27.1 Å². The summed E-state index contributed by atoms with van der Waals surface area (Å²) in [5.41, 5.74) is 21.0. The molecule has 6 nitrogen and oxygen atoms in total. The van der Waals surface area contributed by atoms with Gasteiger partial charge in [0.05, 0.1) is 45.1 Å². The molecule has 3 heterocycles. The number of aromatic nitrogens is 5. The van der Waals surface area contributed by atoms with Gasteiger partial charge in [0.2, 0.25) is 0 Å². The van der Waals surface area contributed by atoms with Crippen molar-refractivity contribution in [2.75, 3.05) is 0 Å². The van der Waals surface area contributed by atoms with Crippen molar-refractivity contribution in [1.82, 2.24) is 24.1 Å². The third kappa shape index (κ3) is 6.97. The van der Waals surface area contributed by atoms with E-state index >= 15 is 0 Å². The summed E-state index contributed by atoms with van der Waals surface area (Å²) in [6.07, 6.45) is 0. The Morgan fingerprint density at radius 1 is 0.343 bits per heavy atom. The average molecular weight is 901 g/mol. The summed E-state index contributed by atoms with van der Waals surface area (Å²) < 4.78 is 4.81. The van der Waals surface area contributed by atoms with E-state index in [-0.39, 0.29) is 0 Å². The molecule has 3 aromatic heterocycles. The van der Waals surface area contributed by atoms with Crippen LogP contribution in [0, 0.1) is 52.9 Å². The smallest absolute Gasteiger partial charge is 0.164 e. The van der Waals surface area contributed by atoms with Crippen molar-refractivity contribution in [1.29, 1.82) is 5.26 Å². The van der Waals surface area contributed by atoms with E-state index in [1.165, 1.54) is 44.5 Å². The van der Waals surface area contributed by atoms with Crippen LogP contribution in [0.5, 0.6) is 0 Å². The van der Waals surface area contributed by atoms with Gasteiger partial charge in [0.25, 0.3) is 0 Å². The Balaban J connectivity index is 1.28. The lowest BCUT2D eigenvalue weighted by Gasteiger charge is -2.20. The van der Waals surface area contributed by atoms with E-state index in [0.717, 1.165) is 77.2 Å². The summed E-state index contributed by atoms with van der Waals surface area (Å²) in [7, 11) is 0. The quantitative estimate of drug-likeness (QED) is 0.160. The van der Waals surface area contributed by atoms with Crippen molar-refractivity contribution in [2.45, 2.75) is 41.5 Å². The topological polar surface area (TPSA) is 72.3 Å². The highest BCUT2D eigenvalue weighted by Crippen LogP contribution is 2.44. The number of aryl methyl sites for hydroxylation is 6. The minimum atomic E-state index is 0.460. The summed E-state index contributed by atoms with van der Waals surface area (Å²) in [4.78, 5) is 14.3. The van der Waals surface area contributed by atoms with Crippen LogP contribution in [0.15, 0.2) is 182 Å². The molecule has 0 bridgehead atoms. The van der Waals surface area contributed by atoms with E-state index in [2.05, 4.69) is 230 Å². The van der Waals surface area contributed by atoms with Gasteiger partial charge in [-0.15, -0.1) is 0 Å². The third-order valence-corrected chi connectivity index (χ3v) is 14.2. The molecule has 70 heavy (non-hydrogen) atoms. The number of benzene rings is 9. The van der Waals surface area contributed by atoms with Gasteiger partial charge in [0.15, 0.2) is 5.82 Å². The molecule has 0 aliphatic rings. The monoisotopic (exact) mass is 900 g/mol. The Bertz CT molecular complexity index is 3930. The van der Waals surface area contributed by atoms with E-state index in [0.29, 0.717) is 28.6 Å². The first kappa shape index (κ1) is 42.4. The number of fused-ring (bicyclic) bond motifs is 6. The van der Waals surface area contributed by atoms with Gasteiger partial charge in [-0.2, -0.15) is 5.26 Å². The molecule has 0 radical (unpaired) electrons. The van der Waals surface area contributed by atoms with Crippen LogP contribution in [-0.4, -0.2) is 24.1 Å². The van der Waals surface area contributed by atoms with Gasteiger partial charge in [0.1, 0.15) is 11.6 Å². The van der Waals surface area contributed by atoms with Crippen LogP contribution in [0.2, 0.25) is 0 Å². The van der Waals surface area contributed by atoms with Crippen LogP contribution in [0.25, 0.3) is 111 Å². The van der Waals surface area contributed by atoms with Crippen LogP contribution < -0.4 is 0 Å². The van der Waals surface area contributed by atoms with Crippen LogP contribution in [0.1, 0.15) is 39.5 Å². The Kier molecular flexibility index (Phi) is 10.1. The lowest BCUT2D eigenvalue weighted by molar-refractivity contribution is 0.927. The third-order valence-electron chi connectivity index (χ3n) is 14.2. The van der Waals surface area contributed by atoms with Crippen molar-refractivity contribution >= 4 is 43.6 Å². The van der Waals surface area contributed by atoms with Gasteiger partial charge < -0.3 is 9.13 Å². The molecular weight excluding hydrogens is 853 g/mol. The fraction of sp³-hybridized carbons (Fsp3) is 0.0938. The minimum absolute atomic E-state index is 0.460. The van der Waals surface area contributed by atoms with Gasteiger partial charge in [-0.25, -0.2) is 15.0 Å². The molecule has 6 heteroatoms. The van der Waals surface area contributed by atoms with Gasteiger partial charge >= 0.3 is 0 Å². The molecule has 0 N–H and O–H groups in total. The molecule has 0 atom stereocenters. The van der Waals surface area contributed by atoms with Crippen molar-refractivity contribution in [3.05, 3.63) is 221 Å². The number of nitrogens with zero attached hydrogens (tertiary/aromatic N) is 6. The zero-order chi connectivity index (χ0) is 47.8. The highest BCUT2D eigenvalue weighted by molar-refractivity contribution is 6.14. The maximum atomic E-state index is 11.3. The first-order chi connectivity index (χ1) is 34.1. The van der Waals surface area contributed by atoms with Crippen LogP contribution in [0.4, 0.5) is 0 Å². The molecular formula is C64H48N6. The van der Waals surface area contributed by atoms with Crippen molar-refractivity contribution in [2.24, 2.45) is 0 Å².